The Labute approximate surface area is 105 Å². The van der Waals surface area contributed by atoms with E-state index >= 15 is 0 Å². The summed E-state index contributed by atoms with van der Waals surface area (Å²) >= 11 is 0. The molecule has 0 bridgehead atoms. The molecule has 0 heterocycles. The molecule has 2 N–H and O–H groups in total. The molecule has 0 aromatic rings. The maximum absolute atomic E-state index is 11.6. The molecule has 3 nitrogen and oxygen atoms in total. The normalized spacial score (nSPS) is 12.4. The lowest BCUT2D eigenvalue weighted by Crippen LogP contribution is -2.34. The fraction of sp³-hybridized carbons (Fsp3) is 0.929. The summed E-state index contributed by atoms with van der Waals surface area (Å²) in [6, 6.07) is 0. The Balaban J connectivity index is 4.75. The molecule has 0 saturated heterocycles. The molecule has 0 rings (SSSR count). The Morgan fingerprint density at radius 1 is 1.06 bits per heavy atom. The standard InChI is InChI=1S/C14H28O3/c1-11(2)9-14(13(16)17,10-12(3)4)7-5-6-8-15/h11-12,15H,5-10H2,1-4H3,(H,16,17). The summed E-state index contributed by atoms with van der Waals surface area (Å²) in [5.74, 6) is 0.107. The van der Waals surface area contributed by atoms with Crippen molar-refractivity contribution in [2.75, 3.05) is 6.61 Å². The Hall–Kier alpha value is -0.570. The number of carboxylic acid groups (broad SMARTS) is 1. The summed E-state index contributed by atoms with van der Waals surface area (Å²) in [7, 11) is 0. The smallest absolute Gasteiger partial charge is 0.309 e. The van der Waals surface area contributed by atoms with Crippen LogP contribution in [-0.2, 0) is 4.79 Å². The molecule has 0 aliphatic rings. The monoisotopic (exact) mass is 244 g/mol. The van der Waals surface area contributed by atoms with E-state index in [2.05, 4.69) is 27.7 Å². The van der Waals surface area contributed by atoms with Crippen molar-refractivity contribution in [1.82, 2.24) is 0 Å². The number of aliphatic hydroxyl groups is 1. The molecule has 0 radical (unpaired) electrons. The first-order valence-electron chi connectivity index (χ1n) is 6.68. The van der Waals surface area contributed by atoms with Crippen LogP contribution in [0.4, 0.5) is 0 Å². The quantitative estimate of drug-likeness (QED) is 0.612. The molecule has 0 unspecified atom stereocenters. The van der Waals surface area contributed by atoms with Crippen molar-refractivity contribution < 1.29 is 15.0 Å². The molecule has 0 atom stereocenters. The molecule has 0 amide bonds. The van der Waals surface area contributed by atoms with E-state index in [4.69, 9.17) is 5.11 Å². The summed E-state index contributed by atoms with van der Waals surface area (Å²) in [5, 5.41) is 18.4. The van der Waals surface area contributed by atoms with Gasteiger partial charge < -0.3 is 10.2 Å². The number of aliphatic hydroxyl groups excluding tert-OH is 1. The lowest BCUT2D eigenvalue weighted by Gasteiger charge is -2.33. The molecule has 3 heteroatoms. The van der Waals surface area contributed by atoms with Crippen LogP contribution in [0.5, 0.6) is 0 Å². The van der Waals surface area contributed by atoms with Crippen molar-refractivity contribution in [2.45, 2.75) is 59.8 Å². The summed E-state index contributed by atoms with van der Waals surface area (Å²) in [5.41, 5.74) is -0.600. The average molecular weight is 244 g/mol. The zero-order valence-electron chi connectivity index (χ0n) is 11.7. The molecule has 0 aromatic heterocycles. The van der Waals surface area contributed by atoms with E-state index < -0.39 is 11.4 Å². The van der Waals surface area contributed by atoms with Gasteiger partial charge in [0, 0.05) is 6.61 Å². The largest absolute Gasteiger partial charge is 0.481 e. The zero-order chi connectivity index (χ0) is 13.5. The fourth-order valence-corrected chi connectivity index (χ4v) is 2.71. The first kappa shape index (κ1) is 16.4. The van der Waals surface area contributed by atoms with Crippen molar-refractivity contribution in [3.05, 3.63) is 0 Å². The summed E-state index contributed by atoms with van der Waals surface area (Å²) < 4.78 is 0. The van der Waals surface area contributed by atoms with E-state index in [0.717, 1.165) is 19.3 Å². The maximum atomic E-state index is 11.6. The molecule has 17 heavy (non-hydrogen) atoms. The number of carboxylic acids is 1. The third kappa shape index (κ3) is 6.06. The van der Waals surface area contributed by atoms with Crippen LogP contribution in [0, 0.1) is 17.3 Å². The van der Waals surface area contributed by atoms with Gasteiger partial charge in [-0.1, -0.05) is 34.1 Å². The summed E-state index contributed by atoms with van der Waals surface area (Å²) in [4.78, 5) is 11.6. The van der Waals surface area contributed by atoms with Crippen LogP contribution < -0.4 is 0 Å². The van der Waals surface area contributed by atoms with Crippen LogP contribution in [-0.4, -0.2) is 22.8 Å². The number of aliphatic carboxylic acids is 1. The molecule has 0 saturated carbocycles. The predicted octanol–water partition coefficient (Wildman–Crippen LogP) is 3.31. The number of carbonyl (C=O) groups is 1. The van der Waals surface area contributed by atoms with Gasteiger partial charge in [-0.05, 0) is 37.5 Å². The number of rotatable bonds is 9. The third-order valence-electron chi connectivity index (χ3n) is 3.12. The average Bonchev–Trinajstić information content (AvgIpc) is 2.15. The van der Waals surface area contributed by atoms with E-state index in [1.165, 1.54) is 0 Å². The van der Waals surface area contributed by atoms with Gasteiger partial charge in [0.2, 0.25) is 0 Å². The minimum absolute atomic E-state index is 0.152. The number of unbranched alkanes of at least 4 members (excludes halogenated alkanes) is 1. The Bertz CT molecular complexity index is 212. The van der Waals surface area contributed by atoms with Gasteiger partial charge in [-0.25, -0.2) is 0 Å². The minimum atomic E-state index is -0.669. The SMILES string of the molecule is CC(C)CC(CCCCO)(CC(C)C)C(=O)O. The van der Waals surface area contributed by atoms with Crippen LogP contribution >= 0.6 is 0 Å². The van der Waals surface area contributed by atoms with Gasteiger partial charge in [0.15, 0.2) is 0 Å². The van der Waals surface area contributed by atoms with Crippen LogP contribution in [0.2, 0.25) is 0 Å². The third-order valence-corrected chi connectivity index (χ3v) is 3.12. The van der Waals surface area contributed by atoms with Crippen molar-refractivity contribution >= 4 is 5.97 Å². The molecule has 102 valence electrons. The molecule has 0 fully saturated rings. The molecular formula is C14H28O3. The summed E-state index contributed by atoms with van der Waals surface area (Å²) in [6.45, 7) is 8.45. The fourth-order valence-electron chi connectivity index (χ4n) is 2.71. The van der Waals surface area contributed by atoms with E-state index in [0.29, 0.717) is 24.7 Å². The van der Waals surface area contributed by atoms with Crippen LogP contribution in [0.15, 0.2) is 0 Å². The maximum Gasteiger partial charge on any atom is 0.309 e. The second-order valence-electron chi connectivity index (χ2n) is 5.96. The van der Waals surface area contributed by atoms with Crippen LogP contribution in [0.25, 0.3) is 0 Å². The lowest BCUT2D eigenvalue weighted by molar-refractivity contribution is -0.152. The first-order chi connectivity index (χ1) is 7.84. The Kier molecular flexibility index (Phi) is 7.44. The van der Waals surface area contributed by atoms with Crippen molar-refractivity contribution in [3.8, 4) is 0 Å². The van der Waals surface area contributed by atoms with Crippen molar-refractivity contribution in [3.63, 3.8) is 0 Å². The second-order valence-corrected chi connectivity index (χ2v) is 5.96. The highest BCUT2D eigenvalue weighted by Gasteiger charge is 2.38. The van der Waals surface area contributed by atoms with E-state index in [9.17, 15) is 9.90 Å². The second kappa shape index (κ2) is 7.70. The zero-order valence-corrected chi connectivity index (χ0v) is 11.7. The highest BCUT2D eigenvalue weighted by Crippen LogP contribution is 2.38. The number of hydrogen-bond acceptors (Lipinski definition) is 2. The Morgan fingerprint density at radius 3 is 1.82 bits per heavy atom. The van der Waals surface area contributed by atoms with E-state index in [1.54, 1.807) is 0 Å². The van der Waals surface area contributed by atoms with Crippen LogP contribution in [0.3, 0.4) is 0 Å². The van der Waals surface area contributed by atoms with Gasteiger partial charge in [0.1, 0.15) is 0 Å². The number of hydrogen-bond donors (Lipinski definition) is 2. The lowest BCUT2D eigenvalue weighted by atomic mass is 9.71. The van der Waals surface area contributed by atoms with Gasteiger partial charge in [-0.15, -0.1) is 0 Å². The van der Waals surface area contributed by atoms with Gasteiger partial charge in [0.05, 0.1) is 5.41 Å². The minimum Gasteiger partial charge on any atom is -0.481 e. The van der Waals surface area contributed by atoms with Crippen LogP contribution in [0.1, 0.15) is 59.8 Å². The van der Waals surface area contributed by atoms with Crippen molar-refractivity contribution in [2.24, 2.45) is 17.3 Å². The Morgan fingerprint density at radius 2 is 1.53 bits per heavy atom. The molecule has 0 aliphatic carbocycles. The topological polar surface area (TPSA) is 57.5 Å². The highest BCUT2D eigenvalue weighted by molar-refractivity contribution is 5.74. The van der Waals surface area contributed by atoms with Crippen molar-refractivity contribution in [1.29, 1.82) is 0 Å². The first-order valence-corrected chi connectivity index (χ1v) is 6.68. The molecule has 0 aromatic carbocycles. The summed E-state index contributed by atoms with van der Waals surface area (Å²) in [6.07, 6.45) is 3.63. The van der Waals surface area contributed by atoms with Gasteiger partial charge in [-0.3, -0.25) is 4.79 Å². The molecular weight excluding hydrogens is 216 g/mol. The van der Waals surface area contributed by atoms with Gasteiger partial charge in [0.25, 0.3) is 0 Å². The van der Waals surface area contributed by atoms with E-state index in [-0.39, 0.29) is 6.61 Å². The highest BCUT2D eigenvalue weighted by atomic mass is 16.4. The van der Waals surface area contributed by atoms with Gasteiger partial charge >= 0.3 is 5.97 Å². The molecule has 0 spiro atoms. The predicted molar refractivity (Wildman–Crippen MR) is 69.9 cm³/mol. The van der Waals surface area contributed by atoms with E-state index in [1.807, 2.05) is 0 Å². The van der Waals surface area contributed by atoms with Gasteiger partial charge in [-0.2, -0.15) is 0 Å². The molecule has 0 aliphatic heterocycles.